The molecule has 11 heteroatoms. The molecule has 196 valence electrons. The summed E-state index contributed by atoms with van der Waals surface area (Å²) in [6, 6.07) is 9.59. The van der Waals surface area contributed by atoms with Crippen molar-refractivity contribution >= 4 is 11.9 Å². The molecule has 1 fully saturated rings. The number of esters is 2. The van der Waals surface area contributed by atoms with Crippen LogP contribution >= 0.6 is 0 Å². The molecule has 1 aliphatic rings. The van der Waals surface area contributed by atoms with E-state index >= 15 is 0 Å². The van der Waals surface area contributed by atoms with Crippen LogP contribution in [0.1, 0.15) is 51.8 Å². The summed E-state index contributed by atoms with van der Waals surface area (Å²) in [5.41, 5.74) is 1.32. The number of ether oxygens (including phenoxy) is 3. The number of aryl methyl sites for hydroxylation is 1. The van der Waals surface area contributed by atoms with E-state index in [9.17, 15) is 19.2 Å². The van der Waals surface area contributed by atoms with Crippen LogP contribution in [0.4, 0.5) is 0 Å². The van der Waals surface area contributed by atoms with Gasteiger partial charge >= 0.3 is 17.6 Å². The lowest BCUT2D eigenvalue weighted by atomic mass is 10.0. The minimum atomic E-state index is -0.883. The molecule has 4 rings (SSSR count). The number of benzene rings is 1. The van der Waals surface area contributed by atoms with Gasteiger partial charge in [0.05, 0.1) is 0 Å². The number of aromatic amines is 1. The van der Waals surface area contributed by atoms with Gasteiger partial charge in [-0.05, 0) is 18.4 Å². The summed E-state index contributed by atoms with van der Waals surface area (Å²) in [7, 11) is 0. The Kier molecular flexibility index (Phi) is 8.02. The Bertz CT molecular complexity index is 1370. The fourth-order valence-corrected chi connectivity index (χ4v) is 4.19. The Morgan fingerprint density at radius 1 is 1.16 bits per heavy atom. The van der Waals surface area contributed by atoms with Crippen LogP contribution in [0, 0.1) is 0 Å². The van der Waals surface area contributed by atoms with Crippen molar-refractivity contribution in [2.24, 2.45) is 0 Å². The molecule has 0 aliphatic carbocycles. The first kappa shape index (κ1) is 26.1. The molecule has 2 aromatic heterocycles. The standard InChI is InChI=1S/C26H29N3O8/c1-4-5-6-17-7-9-18(10-8-17)20-11-21(37-28-20)19-13-29(26(33)27-25(19)32)24-12-22(35-16(3)31)23(36-24)14-34-15(2)30/h7-11,13,22-24H,4-6,12,14H2,1-3H3,(H,27,32,33)/t22-,23+,24+/m0/s1. The highest BCUT2D eigenvalue weighted by atomic mass is 16.6. The number of carbonyl (C=O) groups is 2. The normalized spacial score (nSPS) is 19.1. The van der Waals surface area contributed by atoms with E-state index in [0.717, 1.165) is 24.8 Å². The Morgan fingerprint density at radius 2 is 1.92 bits per heavy atom. The molecule has 11 nitrogen and oxygen atoms in total. The van der Waals surface area contributed by atoms with Gasteiger partial charge in [0.2, 0.25) is 0 Å². The summed E-state index contributed by atoms with van der Waals surface area (Å²) in [6.45, 7) is 4.49. The second kappa shape index (κ2) is 11.4. The summed E-state index contributed by atoms with van der Waals surface area (Å²) >= 11 is 0. The zero-order chi connectivity index (χ0) is 26.5. The Hall–Kier alpha value is -3.99. The second-order valence-corrected chi connectivity index (χ2v) is 8.90. The quantitative estimate of drug-likeness (QED) is 0.429. The molecule has 0 radical (unpaired) electrons. The number of rotatable bonds is 9. The van der Waals surface area contributed by atoms with Crippen molar-refractivity contribution in [3.8, 4) is 22.6 Å². The van der Waals surface area contributed by atoms with Gasteiger partial charge in [-0.25, -0.2) is 4.79 Å². The number of nitrogens with one attached hydrogen (secondary N) is 1. The summed E-state index contributed by atoms with van der Waals surface area (Å²) in [5.74, 6) is -0.885. The van der Waals surface area contributed by atoms with Crippen molar-refractivity contribution in [2.45, 2.75) is 64.9 Å². The van der Waals surface area contributed by atoms with Crippen LogP contribution in [0.15, 0.2) is 50.6 Å². The Morgan fingerprint density at radius 3 is 2.59 bits per heavy atom. The Labute approximate surface area is 212 Å². The molecule has 0 bridgehead atoms. The zero-order valence-electron chi connectivity index (χ0n) is 20.9. The van der Waals surface area contributed by atoms with E-state index in [2.05, 4.69) is 17.1 Å². The molecule has 0 spiro atoms. The predicted octanol–water partition coefficient (Wildman–Crippen LogP) is 2.98. The van der Waals surface area contributed by atoms with E-state index in [4.69, 9.17) is 18.7 Å². The van der Waals surface area contributed by atoms with Gasteiger partial charge in [-0.15, -0.1) is 0 Å². The van der Waals surface area contributed by atoms with Gasteiger partial charge in [0, 0.05) is 38.1 Å². The van der Waals surface area contributed by atoms with Crippen molar-refractivity contribution in [3.63, 3.8) is 0 Å². The van der Waals surface area contributed by atoms with Gasteiger partial charge < -0.3 is 18.7 Å². The van der Waals surface area contributed by atoms with E-state index in [1.165, 1.54) is 30.2 Å². The topological polar surface area (TPSA) is 143 Å². The monoisotopic (exact) mass is 511 g/mol. The summed E-state index contributed by atoms with van der Waals surface area (Å²) in [4.78, 5) is 50.3. The first-order valence-corrected chi connectivity index (χ1v) is 12.1. The summed E-state index contributed by atoms with van der Waals surface area (Å²) in [6.07, 6.45) is 2.26. The fraction of sp³-hybridized carbons (Fsp3) is 0.423. The number of hydrogen-bond acceptors (Lipinski definition) is 9. The summed E-state index contributed by atoms with van der Waals surface area (Å²) < 4.78 is 22.8. The van der Waals surface area contributed by atoms with Crippen LogP contribution < -0.4 is 11.2 Å². The fourth-order valence-electron chi connectivity index (χ4n) is 4.19. The molecular formula is C26H29N3O8. The summed E-state index contributed by atoms with van der Waals surface area (Å²) in [5, 5.41) is 4.09. The highest BCUT2D eigenvalue weighted by Gasteiger charge is 2.40. The van der Waals surface area contributed by atoms with Gasteiger partial charge in [0.25, 0.3) is 5.56 Å². The lowest BCUT2D eigenvalue weighted by Gasteiger charge is -2.17. The maximum absolute atomic E-state index is 12.6. The maximum Gasteiger partial charge on any atom is 0.330 e. The number of hydrogen-bond donors (Lipinski definition) is 1. The average molecular weight is 512 g/mol. The largest absolute Gasteiger partial charge is 0.463 e. The number of unbranched alkanes of at least 4 members (excludes halogenated alkanes) is 1. The number of nitrogens with zero attached hydrogens (tertiary/aromatic N) is 2. The molecule has 0 unspecified atom stereocenters. The van der Waals surface area contributed by atoms with Gasteiger partial charge in [-0.1, -0.05) is 42.8 Å². The average Bonchev–Trinajstić information content (AvgIpc) is 3.49. The molecule has 0 saturated carbocycles. The molecule has 0 amide bonds. The molecule has 3 heterocycles. The maximum atomic E-state index is 12.6. The van der Waals surface area contributed by atoms with Gasteiger partial charge in [-0.2, -0.15) is 0 Å². The lowest BCUT2D eigenvalue weighted by molar-refractivity contribution is -0.155. The van der Waals surface area contributed by atoms with Crippen molar-refractivity contribution in [1.29, 1.82) is 0 Å². The first-order chi connectivity index (χ1) is 17.7. The minimum Gasteiger partial charge on any atom is -0.463 e. The molecule has 37 heavy (non-hydrogen) atoms. The van der Waals surface area contributed by atoms with Gasteiger partial charge in [0.1, 0.15) is 36.3 Å². The van der Waals surface area contributed by atoms with Crippen LogP contribution in [-0.4, -0.2) is 45.5 Å². The number of aromatic nitrogens is 3. The van der Waals surface area contributed by atoms with Crippen LogP contribution in [0.5, 0.6) is 0 Å². The minimum absolute atomic E-state index is 0.0778. The third-order valence-electron chi connectivity index (χ3n) is 6.07. The SMILES string of the molecule is CCCCc1ccc(-c2cc(-c3cn([C@H]4C[C@H](OC(C)=O)[C@@H](COC(C)=O)O4)c(=O)[nH]c3=O)on2)cc1. The number of carbonyl (C=O) groups excluding carboxylic acids is 2. The first-order valence-electron chi connectivity index (χ1n) is 12.1. The smallest absolute Gasteiger partial charge is 0.330 e. The van der Waals surface area contributed by atoms with Crippen LogP contribution in [-0.2, 0) is 30.2 Å². The predicted molar refractivity (Wildman–Crippen MR) is 132 cm³/mol. The van der Waals surface area contributed by atoms with Crippen LogP contribution in [0.3, 0.4) is 0 Å². The van der Waals surface area contributed by atoms with Crippen LogP contribution in [0.2, 0.25) is 0 Å². The van der Waals surface area contributed by atoms with Crippen molar-refractivity contribution in [1.82, 2.24) is 14.7 Å². The van der Waals surface area contributed by atoms with Crippen molar-refractivity contribution in [3.05, 3.63) is 62.9 Å². The van der Waals surface area contributed by atoms with E-state index in [1.807, 2.05) is 24.3 Å². The van der Waals surface area contributed by atoms with E-state index < -0.39 is 41.6 Å². The van der Waals surface area contributed by atoms with E-state index in [0.29, 0.717) is 5.69 Å². The Balaban J connectivity index is 1.59. The van der Waals surface area contributed by atoms with E-state index in [-0.39, 0.29) is 24.4 Å². The number of H-pyrrole nitrogens is 1. The van der Waals surface area contributed by atoms with Gasteiger partial charge in [-0.3, -0.25) is 23.9 Å². The second-order valence-electron chi connectivity index (χ2n) is 8.90. The third-order valence-corrected chi connectivity index (χ3v) is 6.07. The highest BCUT2D eigenvalue weighted by molar-refractivity contribution is 5.67. The molecule has 1 aliphatic heterocycles. The van der Waals surface area contributed by atoms with Crippen LogP contribution in [0.25, 0.3) is 22.6 Å². The molecule has 1 N–H and O–H groups in total. The molecule has 3 aromatic rings. The molecule has 1 saturated heterocycles. The van der Waals surface area contributed by atoms with Crippen molar-refractivity contribution in [2.75, 3.05) is 6.61 Å². The van der Waals surface area contributed by atoms with Crippen molar-refractivity contribution < 1.29 is 28.3 Å². The molecule has 1 aromatic carbocycles. The highest BCUT2D eigenvalue weighted by Crippen LogP contribution is 2.31. The van der Waals surface area contributed by atoms with Gasteiger partial charge in [0.15, 0.2) is 5.76 Å². The lowest BCUT2D eigenvalue weighted by Crippen LogP contribution is -2.33. The third kappa shape index (κ3) is 6.23. The zero-order valence-corrected chi connectivity index (χ0v) is 20.9. The molecule has 3 atom stereocenters. The van der Waals surface area contributed by atoms with E-state index in [1.54, 1.807) is 6.07 Å². The molecular weight excluding hydrogens is 482 g/mol.